The molecule has 1 saturated heterocycles. The van der Waals surface area contributed by atoms with Crippen molar-refractivity contribution in [3.63, 3.8) is 0 Å². The number of nitrogens with zero attached hydrogens (tertiary/aromatic N) is 2. The summed E-state index contributed by atoms with van der Waals surface area (Å²) in [4.78, 5) is 19.0. The molecule has 3 heterocycles. The van der Waals surface area contributed by atoms with Crippen molar-refractivity contribution in [3.8, 4) is 0 Å². The van der Waals surface area contributed by atoms with E-state index < -0.39 is 0 Å². The van der Waals surface area contributed by atoms with Crippen molar-refractivity contribution in [2.24, 2.45) is 0 Å². The molecule has 2 aliphatic rings. The van der Waals surface area contributed by atoms with Crippen LogP contribution in [0.3, 0.4) is 0 Å². The number of fused-ring (bicyclic) bond motifs is 1. The topological polar surface area (TPSA) is 42.4 Å². The second-order valence-corrected chi connectivity index (χ2v) is 5.64. The summed E-state index contributed by atoms with van der Waals surface area (Å²) in [7, 11) is 0. The number of hydrogen-bond acceptors (Lipinski definition) is 4. The molecule has 0 aromatic carbocycles. The van der Waals surface area contributed by atoms with Gasteiger partial charge in [-0.1, -0.05) is 13.8 Å². The monoisotopic (exact) mass is 260 g/mol. The summed E-state index contributed by atoms with van der Waals surface area (Å²) >= 11 is 0. The number of ether oxygens (including phenoxy) is 1. The van der Waals surface area contributed by atoms with Crippen LogP contribution in [0.4, 0.5) is 5.82 Å². The highest BCUT2D eigenvalue weighted by Gasteiger charge is 2.28. The largest absolute Gasteiger partial charge is 0.462 e. The molecule has 0 radical (unpaired) electrons. The first kappa shape index (κ1) is 12.5. The van der Waals surface area contributed by atoms with E-state index in [0.717, 1.165) is 36.6 Å². The lowest BCUT2D eigenvalue weighted by molar-refractivity contribution is 0.0480. The third-order valence-corrected chi connectivity index (χ3v) is 3.91. The molecule has 0 unspecified atom stereocenters. The fraction of sp³-hybridized carbons (Fsp3) is 0.600. The Hall–Kier alpha value is -1.58. The van der Waals surface area contributed by atoms with Crippen molar-refractivity contribution in [2.45, 2.75) is 39.0 Å². The van der Waals surface area contributed by atoms with Crippen molar-refractivity contribution < 1.29 is 9.53 Å². The zero-order valence-corrected chi connectivity index (χ0v) is 11.6. The predicted molar refractivity (Wildman–Crippen MR) is 73.8 cm³/mol. The molecule has 0 saturated carbocycles. The third kappa shape index (κ3) is 2.20. The third-order valence-electron chi connectivity index (χ3n) is 3.91. The van der Waals surface area contributed by atoms with Gasteiger partial charge in [0.25, 0.3) is 0 Å². The number of carbonyl (C=O) groups is 1. The summed E-state index contributed by atoms with van der Waals surface area (Å²) in [5.41, 5.74) is 2.89. The van der Waals surface area contributed by atoms with E-state index in [2.05, 4.69) is 24.8 Å². The van der Waals surface area contributed by atoms with Crippen LogP contribution in [0, 0.1) is 0 Å². The molecule has 2 aliphatic heterocycles. The first-order valence-corrected chi connectivity index (χ1v) is 7.12. The lowest BCUT2D eigenvalue weighted by Crippen LogP contribution is -2.27. The molecular formula is C15H20N2O2. The molecule has 102 valence electrons. The molecule has 19 heavy (non-hydrogen) atoms. The summed E-state index contributed by atoms with van der Waals surface area (Å²) in [5, 5.41) is 0. The van der Waals surface area contributed by atoms with Gasteiger partial charge in [-0.15, -0.1) is 0 Å². The van der Waals surface area contributed by atoms with Crippen molar-refractivity contribution in [3.05, 3.63) is 22.9 Å². The number of aromatic nitrogens is 1. The number of rotatable bonds is 2. The van der Waals surface area contributed by atoms with Gasteiger partial charge in [0, 0.05) is 25.2 Å². The Kier molecular flexibility index (Phi) is 3.17. The summed E-state index contributed by atoms with van der Waals surface area (Å²) in [6.07, 6.45) is 3.17. The van der Waals surface area contributed by atoms with Crippen molar-refractivity contribution in [1.82, 2.24) is 4.98 Å². The molecule has 1 fully saturated rings. The summed E-state index contributed by atoms with van der Waals surface area (Å²) in [5.74, 6) is 1.03. The molecule has 1 aromatic heterocycles. The van der Waals surface area contributed by atoms with Crippen molar-refractivity contribution >= 4 is 11.8 Å². The fourth-order valence-corrected chi connectivity index (χ4v) is 2.80. The van der Waals surface area contributed by atoms with E-state index in [-0.39, 0.29) is 5.97 Å². The SMILES string of the molecule is CC(C)c1cc2c(c(N3CCCC3)n1)C(=O)OCC2. The molecule has 0 aliphatic carbocycles. The Morgan fingerprint density at radius 3 is 2.74 bits per heavy atom. The molecule has 3 rings (SSSR count). The van der Waals surface area contributed by atoms with E-state index in [9.17, 15) is 4.79 Å². The van der Waals surface area contributed by atoms with Crippen LogP contribution in [0.5, 0.6) is 0 Å². The van der Waals surface area contributed by atoms with Crippen LogP contribution < -0.4 is 4.90 Å². The van der Waals surface area contributed by atoms with Gasteiger partial charge >= 0.3 is 5.97 Å². The maximum absolute atomic E-state index is 12.1. The summed E-state index contributed by atoms with van der Waals surface area (Å²) < 4.78 is 5.20. The summed E-state index contributed by atoms with van der Waals surface area (Å²) in [6, 6.07) is 2.08. The first-order valence-electron chi connectivity index (χ1n) is 7.12. The van der Waals surface area contributed by atoms with Crippen molar-refractivity contribution in [2.75, 3.05) is 24.6 Å². The molecule has 4 heteroatoms. The van der Waals surface area contributed by atoms with E-state index in [1.54, 1.807) is 0 Å². The van der Waals surface area contributed by atoms with Crippen LogP contribution >= 0.6 is 0 Å². The van der Waals surface area contributed by atoms with Gasteiger partial charge in [0.05, 0.1) is 6.61 Å². The predicted octanol–water partition coefficient (Wildman–Crippen LogP) is 2.52. The normalized spacial score (nSPS) is 18.7. The minimum Gasteiger partial charge on any atom is -0.462 e. The Morgan fingerprint density at radius 1 is 1.32 bits per heavy atom. The maximum atomic E-state index is 12.1. The number of carbonyl (C=O) groups excluding carboxylic acids is 1. The van der Waals surface area contributed by atoms with E-state index in [1.807, 2.05) is 0 Å². The Bertz CT molecular complexity index is 505. The second-order valence-electron chi connectivity index (χ2n) is 5.64. The van der Waals surface area contributed by atoms with Crippen LogP contribution in [0.1, 0.15) is 54.2 Å². The average Bonchev–Trinajstić information content (AvgIpc) is 2.91. The Balaban J connectivity index is 2.13. The van der Waals surface area contributed by atoms with Gasteiger partial charge in [-0.05, 0) is 30.4 Å². The lowest BCUT2D eigenvalue weighted by atomic mass is 9.99. The first-order chi connectivity index (χ1) is 9.16. The lowest BCUT2D eigenvalue weighted by Gasteiger charge is -2.25. The van der Waals surface area contributed by atoms with E-state index in [1.165, 1.54) is 12.8 Å². The quantitative estimate of drug-likeness (QED) is 0.766. The van der Waals surface area contributed by atoms with Gasteiger partial charge in [-0.3, -0.25) is 0 Å². The highest BCUT2D eigenvalue weighted by atomic mass is 16.5. The molecule has 0 bridgehead atoms. The van der Waals surface area contributed by atoms with Gasteiger partial charge in [0.15, 0.2) is 0 Å². The summed E-state index contributed by atoms with van der Waals surface area (Å²) in [6.45, 7) is 6.77. The van der Waals surface area contributed by atoms with E-state index in [0.29, 0.717) is 18.1 Å². The molecule has 1 aromatic rings. The van der Waals surface area contributed by atoms with Crippen LogP contribution in [0.15, 0.2) is 6.07 Å². The average molecular weight is 260 g/mol. The minimum atomic E-state index is -0.203. The highest BCUT2D eigenvalue weighted by Crippen LogP contribution is 2.31. The number of esters is 1. The number of hydrogen-bond donors (Lipinski definition) is 0. The van der Waals surface area contributed by atoms with Gasteiger partial charge in [0.1, 0.15) is 11.4 Å². The molecule has 0 amide bonds. The standard InChI is InChI=1S/C15H20N2O2/c1-10(2)12-9-11-5-8-19-15(18)13(11)14(16-12)17-6-3-4-7-17/h9-10H,3-8H2,1-2H3. The van der Waals surface area contributed by atoms with Crippen LogP contribution in [-0.4, -0.2) is 30.6 Å². The van der Waals surface area contributed by atoms with Gasteiger partial charge in [-0.25, -0.2) is 9.78 Å². The fourth-order valence-electron chi connectivity index (χ4n) is 2.80. The highest BCUT2D eigenvalue weighted by molar-refractivity contribution is 5.97. The van der Waals surface area contributed by atoms with Gasteiger partial charge in [0.2, 0.25) is 0 Å². The Labute approximate surface area is 113 Å². The number of anilines is 1. The number of pyridine rings is 1. The number of cyclic esters (lactones) is 1. The zero-order valence-electron chi connectivity index (χ0n) is 11.6. The van der Waals surface area contributed by atoms with Gasteiger partial charge in [-0.2, -0.15) is 0 Å². The zero-order chi connectivity index (χ0) is 13.4. The van der Waals surface area contributed by atoms with Crippen LogP contribution in [0.25, 0.3) is 0 Å². The molecule has 0 spiro atoms. The molecular weight excluding hydrogens is 240 g/mol. The molecule has 0 N–H and O–H groups in total. The van der Waals surface area contributed by atoms with Crippen molar-refractivity contribution in [1.29, 1.82) is 0 Å². The molecule has 0 atom stereocenters. The minimum absolute atomic E-state index is 0.203. The van der Waals surface area contributed by atoms with Crippen LogP contribution in [-0.2, 0) is 11.2 Å². The second kappa shape index (κ2) is 4.83. The van der Waals surface area contributed by atoms with E-state index >= 15 is 0 Å². The van der Waals surface area contributed by atoms with E-state index in [4.69, 9.17) is 9.72 Å². The molecule has 4 nitrogen and oxygen atoms in total. The smallest absolute Gasteiger partial charge is 0.342 e. The van der Waals surface area contributed by atoms with Crippen LogP contribution in [0.2, 0.25) is 0 Å². The maximum Gasteiger partial charge on any atom is 0.342 e. The van der Waals surface area contributed by atoms with Gasteiger partial charge < -0.3 is 9.64 Å². The Morgan fingerprint density at radius 2 is 2.05 bits per heavy atom.